The molecule has 1 aliphatic rings. The highest BCUT2D eigenvalue weighted by atomic mass is 32.2. The van der Waals surface area contributed by atoms with Gasteiger partial charge in [-0.05, 0) is 127 Å². The van der Waals surface area contributed by atoms with Crippen LogP contribution in [0.3, 0.4) is 0 Å². The number of benzene rings is 4. The van der Waals surface area contributed by atoms with E-state index in [2.05, 4.69) is 45.0 Å². The van der Waals surface area contributed by atoms with Crippen molar-refractivity contribution in [3.05, 3.63) is 169 Å². The van der Waals surface area contributed by atoms with E-state index in [1.165, 1.54) is 28.3 Å². The number of hydrogen-bond acceptors (Lipinski definition) is 4. The Balaban J connectivity index is 1.59. The molecule has 0 saturated carbocycles. The molecule has 0 unspecified atom stereocenters. The summed E-state index contributed by atoms with van der Waals surface area (Å²) in [6, 6.07) is 22.4. The standard InChI is InChI=1S/C43H46O6S2/c1-7-32-23-28(5)24-33(8-2)39(32)26-30-15-19-35(20-16-30)42(38-13-11-12-14-41(38)50(44,45)46)36-21-17-31(18-22-36)27-40-34(9-3)25-29(6)43(37(40)10-4)51(47,48)49/h11-25H,7-10,26-27H2,1-6H3,(H-,44,45,46,47,48,49)/p+1. The van der Waals surface area contributed by atoms with Crippen molar-refractivity contribution in [2.45, 2.75) is 85.0 Å². The first kappa shape index (κ1) is 38.0. The van der Waals surface area contributed by atoms with Crippen molar-refractivity contribution in [2.24, 2.45) is 0 Å². The molecule has 51 heavy (non-hydrogen) atoms. The van der Waals surface area contributed by atoms with Crippen molar-refractivity contribution in [2.75, 3.05) is 0 Å². The van der Waals surface area contributed by atoms with E-state index in [1.54, 1.807) is 25.2 Å². The van der Waals surface area contributed by atoms with Crippen LogP contribution in [0.25, 0.3) is 5.57 Å². The van der Waals surface area contributed by atoms with E-state index in [-0.39, 0.29) is 10.1 Å². The van der Waals surface area contributed by atoms with Crippen LogP contribution in [0.2, 0.25) is 0 Å². The molecule has 1 aliphatic carbocycles. The van der Waals surface area contributed by atoms with Gasteiger partial charge in [-0.15, -0.1) is 0 Å². The summed E-state index contributed by atoms with van der Waals surface area (Å²) in [4.78, 5) is -0.0195. The molecule has 6 nitrogen and oxygen atoms in total. The zero-order valence-corrected chi connectivity index (χ0v) is 31.9. The molecule has 266 valence electrons. The number of rotatable bonds is 12. The van der Waals surface area contributed by atoms with Crippen LogP contribution in [0.4, 0.5) is 0 Å². The first-order chi connectivity index (χ1) is 24.2. The van der Waals surface area contributed by atoms with E-state index >= 15 is 0 Å². The van der Waals surface area contributed by atoms with Crippen LogP contribution < -0.4 is 0 Å². The quantitative estimate of drug-likeness (QED) is 0.111. The van der Waals surface area contributed by atoms with E-state index in [0.29, 0.717) is 41.5 Å². The molecule has 0 fully saturated rings. The molecular weight excluding hydrogens is 677 g/mol. The topological polar surface area (TPSA) is 109 Å². The van der Waals surface area contributed by atoms with Gasteiger partial charge in [-0.2, -0.15) is 16.8 Å². The zero-order valence-electron chi connectivity index (χ0n) is 30.2. The van der Waals surface area contributed by atoms with Gasteiger partial charge in [-0.25, -0.2) is 0 Å². The minimum Gasteiger partial charge on any atom is -0.282 e. The molecule has 0 amide bonds. The van der Waals surface area contributed by atoms with Gasteiger partial charge in [0.1, 0.15) is 10.5 Å². The number of aryl methyl sites for hydroxylation is 5. The van der Waals surface area contributed by atoms with Gasteiger partial charge in [0.25, 0.3) is 10.1 Å². The summed E-state index contributed by atoms with van der Waals surface area (Å²) in [6.45, 7) is 12.1. The molecule has 0 aromatic heterocycles. The fraction of sp³-hybridized carbons (Fsp3) is 0.279. The smallest absolute Gasteiger partial charge is 0.282 e. The maximum Gasteiger partial charge on any atom is 0.331 e. The fourth-order valence-electron chi connectivity index (χ4n) is 7.44. The lowest BCUT2D eigenvalue weighted by Gasteiger charge is -2.19. The molecule has 0 radical (unpaired) electrons. The number of hydrogen-bond donors (Lipinski definition) is 2. The maximum absolute atomic E-state index is 12.6. The minimum absolute atomic E-state index is 0.0195. The third-order valence-corrected chi connectivity index (χ3v) is 11.8. The predicted octanol–water partition coefficient (Wildman–Crippen LogP) is 9.33. The van der Waals surface area contributed by atoms with Gasteiger partial charge < -0.3 is 0 Å². The van der Waals surface area contributed by atoms with Crippen LogP contribution in [0.15, 0.2) is 102 Å². The molecule has 4 aromatic carbocycles. The van der Waals surface area contributed by atoms with Crippen LogP contribution in [0.1, 0.15) is 94.5 Å². The van der Waals surface area contributed by atoms with E-state index in [9.17, 15) is 25.9 Å². The lowest BCUT2D eigenvalue weighted by molar-refractivity contribution is 0.480. The number of allylic oxidation sites excluding steroid dienone is 3. The van der Waals surface area contributed by atoms with Crippen molar-refractivity contribution in [1.29, 1.82) is 0 Å². The third-order valence-electron chi connectivity index (χ3n) is 9.79. The monoisotopic (exact) mass is 723 g/mol. The Morgan fingerprint density at radius 2 is 1.12 bits per heavy atom. The molecule has 2 N–H and O–H groups in total. The summed E-state index contributed by atoms with van der Waals surface area (Å²) in [5.41, 5.74) is 13.1. The SMILES string of the molecule is CCc1cc(C)cc(CC)c1Cc1ccc(C(=C2C=CC=C[C+]2S(=O)(=O)O)c2ccc(Cc3c(CC)cc(C)c(S(=O)(=O)O)c3CC)cc2)cc1. The second-order valence-electron chi connectivity index (χ2n) is 13.2. The molecule has 4 aromatic rings. The molecule has 0 saturated heterocycles. The molecule has 0 atom stereocenters. The van der Waals surface area contributed by atoms with Gasteiger partial charge in [0.05, 0.1) is 5.57 Å². The molecule has 0 spiro atoms. The molecule has 0 bridgehead atoms. The largest absolute Gasteiger partial charge is 0.331 e. The van der Waals surface area contributed by atoms with E-state index in [0.717, 1.165) is 52.6 Å². The second-order valence-corrected chi connectivity index (χ2v) is 15.9. The van der Waals surface area contributed by atoms with Gasteiger partial charge in [-0.1, -0.05) is 75.7 Å². The van der Waals surface area contributed by atoms with Crippen LogP contribution in [-0.2, 0) is 58.8 Å². The molecule has 5 rings (SSSR count). The Morgan fingerprint density at radius 3 is 1.57 bits per heavy atom. The molecule has 0 aliphatic heterocycles. The Hall–Kier alpha value is -4.21. The van der Waals surface area contributed by atoms with Crippen LogP contribution in [-0.4, -0.2) is 25.9 Å². The van der Waals surface area contributed by atoms with Gasteiger partial charge in [0, 0.05) is 35.4 Å². The maximum atomic E-state index is 12.6. The lowest BCUT2D eigenvalue weighted by atomic mass is 9.86. The highest BCUT2D eigenvalue weighted by Crippen LogP contribution is 2.38. The zero-order chi connectivity index (χ0) is 37.1. The Morgan fingerprint density at radius 1 is 0.627 bits per heavy atom. The second kappa shape index (κ2) is 15.6. The van der Waals surface area contributed by atoms with Crippen molar-refractivity contribution in [1.82, 2.24) is 0 Å². The van der Waals surface area contributed by atoms with Crippen LogP contribution in [0.5, 0.6) is 0 Å². The highest BCUT2D eigenvalue weighted by Gasteiger charge is 2.35. The van der Waals surface area contributed by atoms with Crippen molar-refractivity contribution < 1.29 is 25.9 Å². The summed E-state index contributed by atoms with van der Waals surface area (Å²) in [6.07, 6.45) is 10.8. The first-order valence-corrected chi connectivity index (χ1v) is 20.4. The minimum atomic E-state index is -4.54. The van der Waals surface area contributed by atoms with Crippen molar-refractivity contribution in [3.63, 3.8) is 0 Å². The summed E-state index contributed by atoms with van der Waals surface area (Å²) in [7, 11) is -8.95. The lowest BCUT2D eigenvalue weighted by Crippen LogP contribution is -2.14. The average molecular weight is 724 g/mol. The predicted molar refractivity (Wildman–Crippen MR) is 207 cm³/mol. The highest BCUT2D eigenvalue weighted by molar-refractivity contribution is 7.89. The fourth-order valence-corrected chi connectivity index (χ4v) is 9.19. The van der Waals surface area contributed by atoms with E-state index in [1.807, 2.05) is 56.3 Å². The molecule has 0 heterocycles. The molecule has 8 heteroatoms. The summed E-state index contributed by atoms with van der Waals surface area (Å²) >= 11 is 0. The van der Waals surface area contributed by atoms with Crippen LogP contribution in [0, 0.1) is 19.1 Å². The van der Waals surface area contributed by atoms with E-state index in [4.69, 9.17) is 0 Å². The van der Waals surface area contributed by atoms with Crippen molar-refractivity contribution >= 4 is 25.8 Å². The van der Waals surface area contributed by atoms with E-state index < -0.39 is 20.2 Å². The van der Waals surface area contributed by atoms with Crippen molar-refractivity contribution in [3.8, 4) is 0 Å². The third kappa shape index (κ3) is 8.31. The van der Waals surface area contributed by atoms with Gasteiger partial charge >= 0.3 is 10.1 Å². The summed E-state index contributed by atoms with van der Waals surface area (Å²) < 4.78 is 70.3. The summed E-state index contributed by atoms with van der Waals surface area (Å²) in [5, 5.41) is -0.175. The average Bonchev–Trinajstić information content (AvgIpc) is 3.09. The molecular formula is C43H47O6S2+. The Kier molecular flexibility index (Phi) is 11.6. The first-order valence-electron chi connectivity index (χ1n) is 17.5. The van der Waals surface area contributed by atoms with Crippen LogP contribution >= 0.6 is 0 Å². The van der Waals surface area contributed by atoms with Gasteiger partial charge in [-0.3, -0.25) is 9.11 Å². The van der Waals surface area contributed by atoms with Gasteiger partial charge in [0.15, 0.2) is 5.25 Å². The normalized spacial score (nSPS) is 14.3. The Bertz CT molecular complexity index is 2220. The Labute approximate surface area is 304 Å². The van der Waals surface area contributed by atoms with Gasteiger partial charge in [0.2, 0.25) is 0 Å². The summed E-state index contributed by atoms with van der Waals surface area (Å²) in [5.74, 6) is 0.